The zero-order valence-electron chi connectivity index (χ0n) is 19.8. The van der Waals surface area contributed by atoms with Crippen LogP contribution in [0.2, 0.25) is 0 Å². The molecule has 5 atom stereocenters. The number of carbonyl (C=O) groups excluding carboxylic acids is 2. The van der Waals surface area contributed by atoms with Gasteiger partial charge in [-0.2, -0.15) is 0 Å². The smallest absolute Gasteiger partial charge is 1.00 e. The van der Waals surface area contributed by atoms with Crippen LogP contribution in [0.5, 0.6) is 0 Å². The number of carboxylic acid groups (broad SMARTS) is 1. The fraction of sp³-hybridized carbons (Fsp3) is 0.609. The van der Waals surface area contributed by atoms with E-state index in [4.69, 9.17) is 4.74 Å². The number of hydrogen-bond donors (Lipinski definition) is 2. The molecule has 31 heavy (non-hydrogen) atoms. The summed E-state index contributed by atoms with van der Waals surface area (Å²) in [4.78, 5) is 39.1. The third-order valence-corrected chi connectivity index (χ3v) is 6.33. The average molecular weight is 457 g/mol. The predicted molar refractivity (Wildman–Crippen MR) is 113 cm³/mol. The minimum Gasteiger partial charge on any atom is -1.00 e. The van der Waals surface area contributed by atoms with Gasteiger partial charge in [0.25, 0.3) is 0 Å². The summed E-state index contributed by atoms with van der Waals surface area (Å²) in [5, 5.41) is 12.8. The second kappa shape index (κ2) is 12.5. The molecule has 2 N–H and O–H groups in total. The van der Waals surface area contributed by atoms with Gasteiger partial charge in [-0.15, -0.1) is 0 Å². The maximum absolute atomic E-state index is 13.2. The van der Waals surface area contributed by atoms with E-state index >= 15 is 0 Å². The van der Waals surface area contributed by atoms with E-state index in [2.05, 4.69) is 5.32 Å². The van der Waals surface area contributed by atoms with Crippen molar-refractivity contribution in [1.29, 1.82) is 0 Å². The van der Waals surface area contributed by atoms with Crippen LogP contribution in [0.15, 0.2) is 30.3 Å². The van der Waals surface area contributed by atoms with E-state index < -0.39 is 24.1 Å². The molecule has 7 nitrogen and oxygen atoms in total. The number of benzene rings is 1. The number of likely N-dealkylation sites (tertiary alicyclic amines) is 1. The normalized spacial score (nSPS) is 24.1. The van der Waals surface area contributed by atoms with E-state index in [-0.39, 0.29) is 83.3 Å². The number of nitrogens with one attached hydrogen (secondary N) is 1. The van der Waals surface area contributed by atoms with Gasteiger partial charge in [0, 0.05) is 6.04 Å². The molecule has 1 saturated heterocycles. The van der Waals surface area contributed by atoms with Gasteiger partial charge in [0.15, 0.2) is 0 Å². The van der Waals surface area contributed by atoms with Gasteiger partial charge in [0.2, 0.25) is 5.91 Å². The van der Waals surface area contributed by atoms with Crippen molar-refractivity contribution in [2.45, 2.75) is 76.5 Å². The number of nitrogens with zero attached hydrogens (tertiary/aromatic N) is 1. The van der Waals surface area contributed by atoms with Crippen LogP contribution in [0.3, 0.4) is 0 Å². The Hall–Kier alpha value is -0.774. The quantitative estimate of drug-likeness (QED) is 0.384. The number of aliphatic carboxylic acids is 1. The number of esters is 1. The van der Waals surface area contributed by atoms with Crippen molar-refractivity contribution in [2.24, 2.45) is 5.92 Å². The van der Waals surface area contributed by atoms with Crippen molar-refractivity contribution in [2.75, 3.05) is 6.61 Å². The molecule has 0 bridgehead atoms. The molecular formula is C23H33KN2O5. The Morgan fingerprint density at radius 3 is 2.61 bits per heavy atom. The summed E-state index contributed by atoms with van der Waals surface area (Å²) in [5.41, 5.74) is 1.10. The standard InChI is InChI=1S/C23H32N2O5.K.H/c1-3-30-23(29)18(13-12-16-8-5-4-6-9-16)24-15(2)21(26)25-19-11-7-10-17(19)14-20(25)22(27)28;;/h4-6,8-9,15,17-20,24H,3,7,10-14H2,1-2H3,(H,27,28);;/q;+1;-1/t15-,17-,18-,19-,20-;;/m0../s1. The first-order valence-electron chi connectivity index (χ1n) is 10.9. The summed E-state index contributed by atoms with van der Waals surface area (Å²) in [6.45, 7) is 3.72. The molecule has 1 aliphatic heterocycles. The minimum atomic E-state index is -0.948. The molecule has 0 radical (unpaired) electrons. The van der Waals surface area contributed by atoms with Crippen molar-refractivity contribution in [3.05, 3.63) is 35.9 Å². The number of rotatable bonds is 9. The maximum atomic E-state index is 13.2. The van der Waals surface area contributed by atoms with Crippen molar-refractivity contribution >= 4 is 17.8 Å². The predicted octanol–water partition coefficient (Wildman–Crippen LogP) is -0.500. The Bertz CT molecular complexity index is 766. The molecule has 166 valence electrons. The summed E-state index contributed by atoms with van der Waals surface area (Å²) in [6, 6.07) is 7.76. The van der Waals surface area contributed by atoms with E-state index in [9.17, 15) is 19.5 Å². The van der Waals surface area contributed by atoms with Crippen molar-refractivity contribution < 1.29 is 77.0 Å². The van der Waals surface area contributed by atoms with Crippen LogP contribution in [0.4, 0.5) is 0 Å². The van der Waals surface area contributed by atoms with Crippen molar-refractivity contribution in [3.8, 4) is 0 Å². The van der Waals surface area contributed by atoms with Crippen LogP contribution in [0, 0.1) is 5.92 Å². The average Bonchev–Trinajstić information content (AvgIpc) is 3.32. The number of fused-ring (bicyclic) bond motifs is 1. The van der Waals surface area contributed by atoms with E-state index in [0.29, 0.717) is 19.3 Å². The number of carboxylic acids is 1. The van der Waals surface area contributed by atoms with Crippen LogP contribution in [0.25, 0.3) is 0 Å². The first-order valence-corrected chi connectivity index (χ1v) is 10.9. The molecule has 0 unspecified atom stereocenters. The molecule has 2 aliphatic rings. The SMILES string of the molecule is CCOC(=O)[C@H](CCc1ccccc1)N[C@@H](C)C(=O)N1[C@H](C(=O)O)C[C@@H]2CCC[C@@H]21.[H-].[K+]. The summed E-state index contributed by atoms with van der Waals surface area (Å²) in [7, 11) is 0. The topological polar surface area (TPSA) is 95.9 Å². The van der Waals surface area contributed by atoms with E-state index in [0.717, 1.165) is 24.8 Å². The molecule has 0 aromatic heterocycles. The van der Waals surface area contributed by atoms with E-state index in [1.54, 1.807) is 18.7 Å². The fourth-order valence-corrected chi connectivity index (χ4v) is 4.89. The van der Waals surface area contributed by atoms with Gasteiger partial charge >= 0.3 is 63.3 Å². The minimum absolute atomic E-state index is 0. The largest absolute Gasteiger partial charge is 1.00 e. The first-order chi connectivity index (χ1) is 14.4. The second-order valence-electron chi connectivity index (χ2n) is 8.31. The van der Waals surface area contributed by atoms with E-state index in [1.807, 2.05) is 30.3 Å². The number of carbonyl (C=O) groups is 3. The molecule has 1 saturated carbocycles. The summed E-state index contributed by atoms with van der Waals surface area (Å²) < 4.78 is 5.21. The Morgan fingerprint density at radius 2 is 1.97 bits per heavy atom. The van der Waals surface area contributed by atoms with Gasteiger partial charge in [-0.3, -0.25) is 14.9 Å². The molecule has 1 aromatic rings. The molecule has 1 aliphatic carbocycles. The van der Waals surface area contributed by atoms with Crippen LogP contribution < -0.4 is 56.7 Å². The Kier molecular flexibility index (Phi) is 10.6. The molecule has 1 amide bonds. The van der Waals surface area contributed by atoms with Crippen LogP contribution >= 0.6 is 0 Å². The summed E-state index contributed by atoms with van der Waals surface area (Å²) in [6.07, 6.45) is 4.54. The summed E-state index contributed by atoms with van der Waals surface area (Å²) in [5.74, 6) is -1.31. The number of amides is 1. The van der Waals surface area contributed by atoms with Crippen molar-refractivity contribution in [1.82, 2.24) is 10.2 Å². The van der Waals surface area contributed by atoms with Gasteiger partial charge < -0.3 is 16.2 Å². The number of aryl methyl sites for hydroxylation is 1. The van der Waals surface area contributed by atoms with Crippen LogP contribution in [-0.4, -0.2) is 58.6 Å². The Balaban J connectivity index is 0.00000256. The van der Waals surface area contributed by atoms with Crippen LogP contribution in [-0.2, 0) is 25.5 Å². The van der Waals surface area contributed by atoms with Crippen molar-refractivity contribution in [3.63, 3.8) is 0 Å². The molecule has 0 spiro atoms. The fourth-order valence-electron chi connectivity index (χ4n) is 4.89. The zero-order valence-corrected chi connectivity index (χ0v) is 21.9. The van der Waals surface area contributed by atoms with Gasteiger partial charge in [-0.1, -0.05) is 36.8 Å². The third-order valence-electron chi connectivity index (χ3n) is 6.33. The monoisotopic (exact) mass is 456 g/mol. The van der Waals surface area contributed by atoms with E-state index in [1.165, 1.54) is 0 Å². The zero-order chi connectivity index (χ0) is 21.7. The third kappa shape index (κ3) is 6.62. The Morgan fingerprint density at radius 1 is 1.26 bits per heavy atom. The van der Waals surface area contributed by atoms with Gasteiger partial charge in [-0.25, -0.2) is 4.79 Å². The number of ether oxygens (including phenoxy) is 1. The number of hydrogen-bond acceptors (Lipinski definition) is 5. The van der Waals surface area contributed by atoms with Crippen LogP contribution in [0.1, 0.15) is 52.9 Å². The Labute approximate surface area is 228 Å². The molecule has 2 fully saturated rings. The maximum Gasteiger partial charge on any atom is 1.00 e. The molecule has 8 heteroatoms. The molecular weight excluding hydrogens is 423 g/mol. The summed E-state index contributed by atoms with van der Waals surface area (Å²) >= 11 is 0. The molecule has 3 rings (SSSR count). The first kappa shape index (κ1) is 26.5. The van der Waals surface area contributed by atoms with Gasteiger partial charge in [0.1, 0.15) is 12.1 Å². The van der Waals surface area contributed by atoms with Gasteiger partial charge in [-0.05, 0) is 57.4 Å². The molecule has 1 aromatic carbocycles. The van der Waals surface area contributed by atoms with Gasteiger partial charge in [0.05, 0.1) is 12.6 Å². The molecule has 1 heterocycles. The second-order valence-corrected chi connectivity index (χ2v) is 8.31.